The van der Waals surface area contributed by atoms with E-state index in [2.05, 4.69) is 10.4 Å². The molecule has 3 aromatic rings. The standard InChI is InChI=1S/C20H23N6O2S/c1-5-25-19(13-18-23(3)14-9-7-8-10-15(14)28-18)29-16(20(25)27)11-12-17-24(4)21-22-26(17)6-2/h7-13H,5-6H2,1-4H3/q+1. The lowest BCUT2D eigenvalue weighted by atomic mass is 10.3. The van der Waals surface area contributed by atoms with Crippen LogP contribution in [0, 0.1) is 0 Å². The highest BCUT2D eigenvalue weighted by molar-refractivity contribution is 7.07. The number of hydrogen-bond donors (Lipinski definition) is 0. The van der Waals surface area contributed by atoms with E-state index >= 15 is 0 Å². The molecule has 1 aromatic carbocycles. The van der Waals surface area contributed by atoms with Crippen molar-refractivity contribution >= 4 is 34.6 Å². The summed E-state index contributed by atoms with van der Waals surface area (Å²) in [5.74, 6) is 1.53. The quantitative estimate of drug-likeness (QED) is 0.610. The molecule has 0 amide bonds. The SMILES string of the molecule is CCN1N=NN(C)C1=CC=c1sc(=Cc2oc3ccccc3[n+]2C)n(CC)c1=O. The lowest BCUT2D eigenvalue weighted by Crippen LogP contribution is -2.33. The van der Waals surface area contributed by atoms with Crippen LogP contribution in [0.3, 0.4) is 0 Å². The van der Waals surface area contributed by atoms with E-state index in [9.17, 15) is 4.79 Å². The molecular formula is C20H23N6O2S+. The van der Waals surface area contributed by atoms with Gasteiger partial charge in [-0.05, 0) is 42.5 Å². The van der Waals surface area contributed by atoms with Crippen molar-refractivity contribution in [2.45, 2.75) is 20.4 Å². The van der Waals surface area contributed by atoms with E-state index in [1.807, 2.05) is 75.0 Å². The Morgan fingerprint density at radius 1 is 1.17 bits per heavy atom. The number of para-hydroxylation sites is 2. The number of allylic oxidation sites excluding steroid dienone is 1. The number of thiazole rings is 1. The fraction of sp³-hybridized carbons (Fsp3) is 0.300. The molecule has 1 aliphatic heterocycles. The van der Waals surface area contributed by atoms with Crippen LogP contribution in [-0.2, 0) is 13.6 Å². The van der Waals surface area contributed by atoms with E-state index in [-0.39, 0.29) is 5.56 Å². The first-order chi connectivity index (χ1) is 14.0. The summed E-state index contributed by atoms with van der Waals surface area (Å²) < 4.78 is 11.2. The number of aromatic nitrogens is 2. The molecule has 0 fully saturated rings. The molecule has 0 spiro atoms. The largest absolute Gasteiger partial charge is 0.398 e. The summed E-state index contributed by atoms with van der Waals surface area (Å²) in [7, 11) is 3.79. The summed E-state index contributed by atoms with van der Waals surface area (Å²) in [5.41, 5.74) is 1.81. The first-order valence-corrected chi connectivity index (χ1v) is 10.3. The van der Waals surface area contributed by atoms with Gasteiger partial charge in [-0.25, -0.2) is 10.0 Å². The van der Waals surface area contributed by atoms with Crippen LogP contribution in [-0.4, -0.2) is 28.2 Å². The maximum atomic E-state index is 12.9. The Bertz CT molecular complexity index is 1300. The van der Waals surface area contributed by atoms with Gasteiger partial charge in [0, 0.05) is 26.2 Å². The third-order valence-electron chi connectivity index (χ3n) is 4.83. The van der Waals surface area contributed by atoms with E-state index in [1.165, 1.54) is 11.3 Å². The molecule has 0 unspecified atom stereocenters. The third-order valence-corrected chi connectivity index (χ3v) is 5.91. The monoisotopic (exact) mass is 411 g/mol. The molecule has 8 nitrogen and oxygen atoms in total. The van der Waals surface area contributed by atoms with Gasteiger partial charge in [-0.2, -0.15) is 4.57 Å². The molecule has 29 heavy (non-hydrogen) atoms. The summed E-state index contributed by atoms with van der Waals surface area (Å²) in [5, 5.41) is 11.6. The number of fused-ring (bicyclic) bond motifs is 1. The van der Waals surface area contributed by atoms with Gasteiger partial charge >= 0.3 is 5.89 Å². The second-order valence-corrected chi connectivity index (χ2v) is 7.64. The first kappa shape index (κ1) is 19.1. The van der Waals surface area contributed by atoms with Crippen LogP contribution in [0.2, 0.25) is 0 Å². The fourth-order valence-electron chi connectivity index (χ4n) is 3.25. The highest BCUT2D eigenvalue weighted by Gasteiger charge is 2.18. The Morgan fingerprint density at radius 2 is 1.97 bits per heavy atom. The average Bonchev–Trinajstić information content (AvgIpc) is 3.34. The maximum absolute atomic E-state index is 12.9. The van der Waals surface area contributed by atoms with Crippen LogP contribution < -0.4 is 19.3 Å². The zero-order valence-electron chi connectivity index (χ0n) is 16.9. The molecule has 0 N–H and O–H groups in total. The molecule has 0 saturated carbocycles. The van der Waals surface area contributed by atoms with Gasteiger partial charge in [-0.15, -0.1) is 11.3 Å². The van der Waals surface area contributed by atoms with Crippen LogP contribution in [0.4, 0.5) is 0 Å². The van der Waals surface area contributed by atoms with E-state index in [0.29, 0.717) is 23.5 Å². The predicted molar refractivity (Wildman–Crippen MR) is 112 cm³/mol. The van der Waals surface area contributed by atoms with Crippen molar-refractivity contribution in [2.75, 3.05) is 13.6 Å². The van der Waals surface area contributed by atoms with E-state index in [4.69, 9.17) is 4.42 Å². The molecule has 4 rings (SSSR count). The van der Waals surface area contributed by atoms with Crippen LogP contribution in [0.15, 0.2) is 55.8 Å². The average molecular weight is 412 g/mol. The normalized spacial score (nSPS) is 16.9. The summed E-state index contributed by atoms with van der Waals surface area (Å²) >= 11 is 1.44. The highest BCUT2D eigenvalue weighted by atomic mass is 32.1. The van der Waals surface area contributed by atoms with Gasteiger partial charge in [0.25, 0.3) is 11.1 Å². The minimum Gasteiger partial charge on any atom is -0.398 e. The van der Waals surface area contributed by atoms with Crippen molar-refractivity contribution in [3.8, 4) is 0 Å². The Balaban J connectivity index is 1.83. The molecule has 150 valence electrons. The van der Waals surface area contributed by atoms with Crippen LogP contribution >= 0.6 is 11.3 Å². The molecule has 2 aromatic heterocycles. The number of hydrogen-bond acceptors (Lipinski definition) is 7. The maximum Gasteiger partial charge on any atom is 0.376 e. The lowest BCUT2D eigenvalue weighted by molar-refractivity contribution is -0.652. The highest BCUT2D eigenvalue weighted by Crippen LogP contribution is 2.17. The molecule has 3 heterocycles. The minimum atomic E-state index is -0.0167. The Hall–Kier alpha value is -3.20. The second kappa shape index (κ2) is 7.67. The molecule has 0 atom stereocenters. The Morgan fingerprint density at radius 3 is 2.69 bits per heavy atom. The van der Waals surface area contributed by atoms with Crippen LogP contribution in [0.25, 0.3) is 23.3 Å². The van der Waals surface area contributed by atoms with Gasteiger partial charge in [0.2, 0.25) is 5.58 Å². The van der Waals surface area contributed by atoms with E-state index < -0.39 is 0 Å². The van der Waals surface area contributed by atoms with Gasteiger partial charge < -0.3 is 4.42 Å². The van der Waals surface area contributed by atoms with Crippen molar-refractivity contribution < 1.29 is 8.98 Å². The second-order valence-electron chi connectivity index (χ2n) is 6.58. The summed E-state index contributed by atoms with van der Waals surface area (Å²) in [6, 6.07) is 7.87. The number of aryl methyl sites for hydroxylation is 1. The molecule has 0 bridgehead atoms. The molecule has 1 aliphatic rings. The van der Waals surface area contributed by atoms with E-state index in [0.717, 1.165) is 21.6 Å². The molecule has 0 aliphatic carbocycles. The molecule has 9 heteroatoms. The smallest absolute Gasteiger partial charge is 0.376 e. The zero-order chi connectivity index (χ0) is 20.5. The predicted octanol–water partition coefficient (Wildman–Crippen LogP) is 1.50. The summed E-state index contributed by atoms with van der Waals surface area (Å²) in [4.78, 5) is 12.9. The topological polar surface area (TPSA) is 70.2 Å². The first-order valence-electron chi connectivity index (χ1n) is 9.47. The fourth-order valence-corrected chi connectivity index (χ4v) is 4.29. The van der Waals surface area contributed by atoms with Crippen molar-refractivity contribution in [3.63, 3.8) is 0 Å². The van der Waals surface area contributed by atoms with Crippen LogP contribution in [0.5, 0.6) is 0 Å². The van der Waals surface area contributed by atoms with Crippen molar-refractivity contribution in [1.82, 2.24) is 14.6 Å². The van der Waals surface area contributed by atoms with Crippen molar-refractivity contribution in [1.29, 1.82) is 0 Å². The number of rotatable bonds is 4. The van der Waals surface area contributed by atoms with Gasteiger partial charge in [-0.3, -0.25) is 9.36 Å². The van der Waals surface area contributed by atoms with Gasteiger partial charge in [-0.1, -0.05) is 12.1 Å². The van der Waals surface area contributed by atoms with Gasteiger partial charge in [0.05, 0.1) is 10.6 Å². The molecule has 0 radical (unpaired) electrons. The number of benzene rings is 1. The van der Waals surface area contributed by atoms with Crippen molar-refractivity contribution in [3.05, 3.63) is 61.6 Å². The number of nitrogens with zero attached hydrogens (tertiary/aromatic N) is 6. The lowest BCUT2D eigenvalue weighted by Gasteiger charge is -2.14. The summed E-state index contributed by atoms with van der Waals surface area (Å²) in [6.45, 7) is 5.26. The Labute approximate surface area is 171 Å². The summed E-state index contributed by atoms with van der Waals surface area (Å²) in [6.07, 6.45) is 5.63. The van der Waals surface area contributed by atoms with Gasteiger partial charge in [0.1, 0.15) is 17.5 Å². The van der Waals surface area contributed by atoms with Gasteiger partial charge in [0.15, 0.2) is 0 Å². The molecular weight excluding hydrogens is 388 g/mol. The minimum absolute atomic E-state index is 0.0167. The third kappa shape index (κ3) is 3.38. The Kier molecular flexibility index (Phi) is 5.06. The zero-order valence-corrected chi connectivity index (χ0v) is 17.7. The molecule has 0 saturated heterocycles. The number of oxazole rings is 1. The van der Waals surface area contributed by atoms with Crippen LogP contribution in [0.1, 0.15) is 19.7 Å². The van der Waals surface area contributed by atoms with Crippen molar-refractivity contribution in [2.24, 2.45) is 17.5 Å². The van der Waals surface area contributed by atoms with E-state index in [1.54, 1.807) is 14.6 Å².